The largest absolute Gasteiger partial charge is 0.493 e. The van der Waals surface area contributed by atoms with Crippen LogP contribution in [0.4, 0.5) is 4.79 Å². The third kappa shape index (κ3) is 4.87. The van der Waals surface area contributed by atoms with Crippen molar-refractivity contribution < 1.29 is 28.5 Å². The third-order valence-electron chi connectivity index (χ3n) is 7.06. The van der Waals surface area contributed by atoms with E-state index < -0.39 is 11.6 Å². The minimum atomic E-state index is -0.639. The summed E-state index contributed by atoms with van der Waals surface area (Å²) in [6.07, 6.45) is 0.703. The molecule has 0 saturated heterocycles. The fraction of sp³-hybridized carbons (Fsp3) is 0.500. The van der Waals surface area contributed by atoms with Gasteiger partial charge in [0.05, 0.1) is 33.4 Å². The van der Waals surface area contributed by atoms with Crippen LogP contribution in [0.2, 0.25) is 0 Å². The van der Waals surface area contributed by atoms with Gasteiger partial charge >= 0.3 is 12.1 Å². The van der Waals surface area contributed by atoms with Crippen molar-refractivity contribution in [3.05, 3.63) is 58.7 Å². The summed E-state index contributed by atoms with van der Waals surface area (Å²) in [5.74, 6) is 0.885. The Morgan fingerprint density at radius 3 is 2.17 bits per heavy atom. The molecule has 0 radical (unpaired) electrons. The summed E-state index contributed by atoms with van der Waals surface area (Å²) < 4.78 is 22.2. The van der Waals surface area contributed by atoms with Gasteiger partial charge in [0, 0.05) is 6.54 Å². The lowest BCUT2D eigenvalue weighted by Gasteiger charge is -2.48. The Balaban J connectivity index is 1.87. The second-order valence-electron chi connectivity index (χ2n) is 10.4. The van der Waals surface area contributed by atoms with E-state index in [-0.39, 0.29) is 24.1 Å². The van der Waals surface area contributed by atoms with Gasteiger partial charge in [-0.2, -0.15) is 0 Å². The van der Waals surface area contributed by atoms with Gasteiger partial charge < -0.3 is 18.9 Å². The predicted octanol–water partition coefficient (Wildman–Crippen LogP) is 4.14. The summed E-state index contributed by atoms with van der Waals surface area (Å²) in [4.78, 5) is 30.2. The molecular weight excluding hydrogens is 460 g/mol. The molecule has 3 atom stereocenters. The van der Waals surface area contributed by atoms with E-state index in [1.54, 1.807) is 19.1 Å². The Morgan fingerprint density at radius 1 is 0.917 bits per heavy atom. The average Bonchev–Trinajstić information content (AvgIpc) is 2.85. The van der Waals surface area contributed by atoms with Gasteiger partial charge in [0.1, 0.15) is 11.6 Å². The van der Waals surface area contributed by atoms with E-state index in [1.807, 2.05) is 63.1 Å². The topological polar surface area (TPSA) is 77.5 Å². The monoisotopic (exact) mass is 496 g/mol. The molecule has 2 aromatic carbocycles. The number of nitrogens with zero attached hydrogens (tertiary/aromatic N) is 2. The van der Waals surface area contributed by atoms with Gasteiger partial charge in [-0.1, -0.05) is 24.3 Å². The van der Waals surface area contributed by atoms with Crippen LogP contribution in [0.1, 0.15) is 49.1 Å². The number of amides is 1. The number of methoxy groups -OCH3 is 3. The van der Waals surface area contributed by atoms with Crippen molar-refractivity contribution in [1.29, 1.82) is 0 Å². The molecule has 8 nitrogen and oxygen atoms in total. The number of hydrogen-bond donors (Lipinski definition) is 0. The molecule has 0 fully saturated rings. The molecule has 194 valence electrons. The minimum Gasteiger partial charge on any atom is -0.493 e. The second-order valence-corrected chi connectivity index (χ2v) is 10.4. The van der Waals surface area contributed by atoms with Gasteiger partial charge in [0.2, 0.25) is 0 Å². The molecule has 2 aliphatic heterocycles. The molecule has 36 heavy (non-hydrogen) atoms. The summed E-state index contributed by atoms with van der Waals surface area (Å²) in [5.41, 5.74) is 3.59. The van der Waals surface area contributed by atoms with Crippen LogP contribution in [0.25, 0.3) is 0 Å². The van der Waals surface area contributed by atoms with E-state index in [0.717, 1.165) is 16.7 Å². The molecule has 1 amide bonds. The lowest BCUT2D eigenvalue weighted by atomic mass is 9.80. The van der Waals surface area contributed by atoms with Crippen molar-refractivity contribution in [3.63, 3.8) is 0 Å². The van der Waals surface area contributed by atoms with Crippen molar-refractivity contribution in [2.24, 2.45) is 0 Å². The molecule has 0 aliphatic carbocycles. The Hall–Kier alpha value is -3.26. The van der Waals surface area contributed by atoms with E-state index in [2.05, 4.69) is 6.07 Å². The zero-order valence-corrected chi connectivity index (χ0v) is 22.2. The van der Waals surface area contributed by atoms with Gasteiger partial charge in [-0.05, 0) is 75.0 Å². The molecule has 0 aromatic heterocycles. The summed E-state index contributed by atoms with van der Waals surface area (Å²) in [6, 6.07) is 10.9. The van der Waals surface area contributed by atoms with E-state index in [1.165, 1.54) is 12.7 Å². The summed E-state index contributed by atoms with van der Waals surface area (Å²) in [6.45, 7) is 6.02. The van der Waals surface area contributed by atoms with E-state index >= 15 is 0 Å². The fourth-order valence-electron chi connectivity index (χ4n) is 5.37. The van der Waals surface area contributed by atoms with Crippen LogP contribution in [0, 0.1) is 0 Å². The summed E-state index contributed by atoms with van der Waals surface area (Å²) in [7, 11) is 6.52. The lowest BCUT2D eigenvalue weighted by Crippen LogP contribution is -2.57. The highest BCUT2D eigenvalue weighted by Crippen LogP contribution is 2.44. The maximum atomic E-state index is 13.5. The molecule has 8 heteroatoms. The second kappa shape index (κ2) is 10.0. The van der Waals surface area contributed by atoms with Crippen LogP contribution in [0.5, 0.6) is 11.5 Å². The molecular formula is C28H36N2O6. The highest BCUT2D eigenvalue weighted by atomic mass is 16.6. The number of benzene rings is 2. The lowest BCUT2D eigenvalue weighted by molar-refractivity contribution is -0.148. The number of esters is 1. The van der Waals surface area contributed by atoms with Gasteiger partial charge in [0.25, 0.3) is 0 Å². The quantitative estimate of drug-likeness (QED) is 0.589. The molecule has 2 aromatic rings. The SMILES string of the molecule is COC(=O)[C@@H]1Cc2cc(OC)c(OC)cc2[C@H]([C@H]2Cc3ccccc3CN2C(=O)OC(C)(C)C)N1C. The number of likely N-dealkylation sites (N-methyl/N-ethyl adjacent to an activating group) is 1. The van der Waals surface area contributed by atoms with Crippen LogP contribution in [-0.2, 0) is 33.7 Å². The first-order valence-corrected chi connectivity index (χ1v) is 12.2. The van der Waals surface area contributed by atoms with Gasteiger partial charge in [-0.3, -0.25) is 14.6 Å². The highest BCUT2D eigenvalue weighted by molar-refractivity contribution is 5.77. The normalized spacial score (nSPS) is 21.8. The molecule has 0 N–H and O–H groups in total. The average molecular weight is 497 g/mol. The number of carbonyl (C=O) groups is 2. The predicted molar refractivity (Wildman–Crippen MR) is 135 cm³/mol. The summed E-state index contributed by atoms with van der Waals surface area (Å²) >= 11 is 0. The maximum absolute atomic E-state index is 13.5. The van der Waals surface area contributed by atoms with Crippen molar-refractivity contribution in [3.8, 4) is 11.5 Å². The first-order chi connectivity index (χ1) is 17.1. The van der Waals surface area contributed by atoms with Gasteiger partial charge in [-0.25, -0.2) is 4.79 Å². The van der Waals surface area contributed by atoms with Gasteiger partial charge in [0.15, 0.2) is 11.5 Å². The Bertz CT molecular complexity index is 1140. The molecule has 0 unspecified atom stereocenters. The van der Waals surface area contributed by atoms with E-state index in [9.17, 15) is 9.59 Å². The number of rotatable bonds is 4. The van der Waals surface area contributed by atoms with Crippen LogP contribution in [0.3, 0.4) is 0 Å². The first kappa shape index (κ1) is 25.8. The van der Waals surface area contributed by atoms with Crippen molar-refractivity contribution >= 4 is 12.1 Å². The fourth-order valence-corrected chi connectivity index (χ4v) is 5.37. The van der Waals surface area contributed by atoms with Crippen molar-refractivity contribution in [2.75, 3.05) is 28.4 Å². The van der Waals surface area contributed by atoms with Crippen molar-refractivity contribution in [1.82, 2.24) is 9.80 Å². The zero-order chi connectivity index (χ0) is 26.2. The number of ether oxygens (including phenoxy) is 4. The molecule has 0 saturated carbocycles. The van der Waals surface area contributed by atoms with Gasteiger partial charge in [-0.15, -0.1) is 0 Å². The van der Waals surface area contributed by atoms with Crippen LogP contribution >= 0.6 is 0 Å². The standard InChI is InChI=1S/C28H36N2O6/c1-28(2,3)36-27(32)30-16-18-11-9-8-10-17(18)12-21(30)25-20-15-24(34-6)23(33-5)14-19(20)13-22(29(25)4)26(31)35-7/h8-11,14-15,21-22,25H,12-13,16H2,1-7H3/t21-,22+,25-/m1/s1. The Morgan fingerprint density at radius 2 is 1.56 bits per heavy atom. The number of fused-ring (bicyclic) bond motifs is 2. The molecule has 0 bridgehead atoms. The first-order valence-electron chi connectivity index (χ1n) is 12.2. The van der Waals surface area contributed by atoms with Crippen molar-refractivity contribution in [2.45, 2.75) is 63.9 Å². The molecule has 0 spiro atoms. The zero-order valence-electron chi connectivity index (χ0n) is 22.2. The highest BCUT2D eigenvalue weighted by Gasteiger charge is 2.46. The molecule has 4 rings (SSSR count). The number of carbonyl (C=O) groups excluding carboxylic acids is 2. The molecule has 2 aliphatic rings. The minimum absolute atomic E-state index is 0.288. The van der Waals surface area contributed by atoms with E-state index in [0.29, 0.717) is 30.9 Å². The van der Waals surface area contributed by atoms with Crippen LogP contribution in [-0.4, -0.2) is 67.9 Å². The Labute approximate surface area is 213 Å². The van der Waals surface area contributed by atoms with E-state index in [4.69, 9.17) is 18.9 Å². The number of hydrogen-bond acceptors (Lipinski definition) is 7. The van der Waals surface area contributed by atoms with Crippen LogP contribution in [0.15, 0.2) is 36.4 Å². The van der Waals surface area contributed by atoms with Crippen LogP contribution < -0.4 is 9.47 Å². The smallest absolute Gasteiger partial charge is 0.410 e. The molecule has 2 heterocycles. The summed E-state index contributed by atoms with van der Waals surface area (Å²) in [5, 5.41) is 0. The Kier molecular flexibility index (Phi) is 7.18. The third-order valence-corrected chi connectivity index (χ3v) is 7.06. The maximum Gasteiger partial charge on any atom is 0.410 e.